The molecule has 0 saturated heterocycles. The molecule has 0 amide bonds. The number of nitrogens with zero attached hydrogens (tertiary/aromatic N) is 8. The molecule has 48 heavy (non-hydrogen) atoms. The Balaban J connectivity index is 1.21. The normalized spacial score (nSPS) is 10.9. The first-order valence-electron chi connectivity index (χ1n) is 15.4. The molecular formula is C40H26N8. The van der Waals surface area contributed by atoms with Gasteiger partial charge in [-0.15, -0.1) is 0 Å². The molecule has 0 radical (unpaired) electrons. The Morgan fingerprint density at radius 1 is 0.271 bits per heavy atom. The monoisotopic (exact) mass is 618 g/mol. The van der Waals surface area contributed by atoms with Crippen LogP contribution >= 0.6 is 0 Å². The third-order valence-electron chi connectivity index (χ3n) is 7.89. The first kappa shape index (κ1) is 28.7. The van der Waals surface area contributed by atoms with E-state index in [2.05, 4.69) is 68.5 Å². The Hall–Kier alpha value is -6.80. The van der Waals surface area contributed by atoms with Gasteiger partial charge in [-0.3, -0.25) is 19.9 Å². The van der Waals surface area contributed by atoms with Crippen LogP contribution in [0.4, 0.5) is 0 Å². The summed E-state index contributed by atoms with van der Waals surface area (Å²) < 4.78 is 0. The molecule has 0 unspecified atom stereocenters. The molecule has 8 aromatic rings. The van der Waals surface area contributed by atoms with Crippen LogP contribution in [-0.2, 0) is 0 Å². The van der Waals surface area contributed by atoms with Crippen molar-refractivity contribution in [1.82, 2.24) is 39.9 Å². The van der Waals surface area contributed by atoms with Crippen LogP contribution in [0.2, 0.25) is 0 Å². The van der Waals surface area contributed by atoms with E-state index in [-0.39, 0.29) is 0 Å². The zero-order chi connectivity index (χ0) is 32.1. The van der Waals surface area contributed by atoms with E-state index in [1.165, 1.54) is 0 Å². The summed E-state index contributed by atoms with van der Waals surface area (Å²) in [5.74, 6) is 1.22. The number of hydrogen-bond acceptors (Lipinski definition) is 8. The smallest absolute Gasteiger partial charge is 0.161 e. The summed E-state index contributed by atoms with van der Waals surface area (Å²) in [5.41, 5.74) is 10.9. The van der Waals surface area contributed by atoms with Crippen LogP contribution in [0.3, 0.4) is 0 Å². The van der Waals surface area contributed by atoms with Gasteiger partial charge in [0.25, 0.3) is 0 Å². The summed E-state index contributed by atoms with van der Waals surface area (Å²) in [4.78, 5) is 36.7. The van der Waals surface area contributed by atoms with Crippen LogP contribution in [-0.4, -0.2) is 39.9 Å². The topological polar surface area (TPSA) is 103 Å². The Morgan fingerprint density at radius 3 is 1.04 bits per heavy atom. The van der Waals surface area contributed by atoms with E-state index < -0.39 is 0 Å². The maximum Gasteiger partial charge on any atom is 0.161 e. The molecule has 0 aliphatic heterocycles. The van der Waals surface area contributed by atoms with Gasteiger partial charge in [0.15, 0.2) is 11.6 Å². The molecule has 0 spiro atoms. The lowest BCUT2D eigenvalue weighted by Gasteiger charge is -2.12. The highest BCUT2D eigenvalue weighted by Gasteiger charge is 2.14. The zero-order valence-electron chi connectivity index (χ0n) is 25.6. The quantitative estimate of drug-likeness (QED) is 0.175. The van der Waals surface area contributed by atoms with Crippen molar-refractivity contribution >= 4 is 0 Å². The number of hydrogen-bond donors (Lipinski definition) is 0. The van der Waals surface area contributed by atoms with Gasteiger partial charge in [0.1, 0.15) is 0 Å². The minimum atomic E-state index is 0.609. The summed E-state index contributed by atoms with van der Waals surface area (Å²) in [6, 6.07) is 36.4. The number of pyridine rings is 4. The Labute approximate surface area is 277 Å². The van der Waals surface area contributed by atoms with Gasteiger partial charge in [-0.1, -0.05) is 36.4 Å². The highest BCUT2D eigenvalue weighted by Crippen LogP contribution is 2.33. The molecule has 8 heteroatoms. The predicted molar refractivity (Wildman–Crippen MR) is 187 cm³/mol. The summed E-state index contributed by atoms with van der Waals surface area (Å²) in [6.45, 7) is 0. The van der Waals surface area contributed by atoms with Gasteiger partial charge in [0.2, 0.25) is 0 Å². The highest BCUT2D eigenvalue weighted by atomic mass is 14.9. The second-order valence-corrected chi connectivity index (χ2v) is 11.0. The van der Waals surface area contributed by atoms with Crippen molar-refractivity contribution in [3.8, 4) is 78.9 Å². The molecule has 6 aromatic heterocycles. The lowest BCUT2D eigenvalue weighted by atomic mass is 9.98. The van der Waals surface area contributed by atoms with Crippen LogP contribution < -0.4 is 0 Å². The molecule has 0 aliphatic rings. The second kappa shape index (κ2) is 12.9. The average molecular weight is 619 g/mol. The molecule has 8 nitrogen and oxygen atoms in total. The first-order valence-corrected chi connectivity index (χ1v) is 15.4. The number of benzene rings is 2. The van der Waals surface area contributed by atoms with E-state index in [0.717, 1.165) is 67.3 Å². The van der Waals surface area contributed by atoms with Crippen molar-refractivity contribution < 1.29 is 0 Å². The van der Waals surface area contributed by atoms with Gasteiger partial charge in [0, 0.05) is 83.0 Å². The summed E-state index contributed by atoms with van der Waals surface area (Å²) in [6.07, 6.45) is 14.1. The van der Waals surface area contributed by atoms with E-state index in [9.17, 15) is 0 Å². The molecule has 8 rings (SSSR count). The molecule has 6 heterocycles. The fourth-order valence-electron chi connectivity index (χ4n) is 5.50. The van der Waals surface area contributed by atoms with E-state index in [4.69, 9.17) is 19.9 Å². The van der Waals surface area contributed by atoms with Crippen LogP contribution in [0, 0.1) is 0 Å². The fourth-order valence-corrected chi connectivity index (χ4v) is 5.50. The lowest BCUT2D eigenvalue weighted by Crippen LogP contribution is -1.97. The maximum absolute atomic E-state index is 4.98. The molecule has 2 aromatic carbocycles. The molecule has 0 aliphatic carbocycles. The van der Waals surface area contributed by atoms with E-state index in [1.54, 1.807) is 49.6 Å². The van der Waals surface area contributed by atoms with Crippen LogP contribution in [0.5, 0.6) is 0 Å². The van der Waals surface area contributed by atoms with Gasteiger partial charge >= 0.3 is 0 Å². The van der Waals surface area contributed by atoms with Gasteiger partial charge in [0.05, 0.1) is 22.8 Å². The van der Waals surface area contributed by atoms with Crippen molar-refractivity contribution in [2.75, 3.05) is 0 Å². The number of rotatable bonds is 7. The molecule has 0 fully saturated rings. The van der Waals surface area contributed by atoms with Gasteiger partial charge < -0.3 is 0 Å². The number of aromatic nitrogens is 8. The Morgan fingerprint density at radius 2 is 0.646 bits per heavy atom. The summed E-state index contributed by atoms with van der Waals surface area (Å²) in [7, 11) is 0. The average Bonchev–Trinajstić information content (AvgIpc) is 3.19. The highest BCUT2D eigenvalue weighted by molar-refractivity contribution is 5.79. The summed E-state index contributed by atoms with van der Waals surface area (Å²) in [5, 5.41) is 0. The fraction of sp³-hybridized carbons (Fsp3) is 0. The lowest BCUT2D eigenvalue weighted by molar-refractivity contribution is 1.17. The molecule has 0 bridgehead atoms. The summed E-state index contributed by atoms with van der Waals surface area (Å²) >= 11 is 0. The molecule has 0 N–H and O–H groups in total. The van der Waals surface area contributed by atoms with Crippen LogP contribution in [0.15, 0.2) is 159 Å². The first-order chi connectivity index (χ1) is 23.8. The zero-order valence-corrected chi connectivity index (χ0v) is 25.6. The van der Waals surface area contributed by atoms with Crippen molar-refractivity contribution in [3.63, 3.8) is 0 Å². The maximum atomic E-state index is 4.98. The SMILES string of the molecule is c1cc(-c2cccc(-c3cc(-c4ccncc4)nc(-c4cccnc4)n3)c2)cc(-c2cc(-c3ccncc3)nc(-c3cccnc3)n2)c1. The Bertz CT molecular complexity index is 2050. The van der Waals surface area contributed by atoms with E-state index in [1.807, 2.05) is 60.7 Å². The molecular weight excluding hydrogens is 592 g/mol. The largest absolute Gasteiger partial charge is 0.265 e. The van der Waals surface area contributed by atoms with Crippen molar-refractivity contribution in [3.05, 3.63) is 159 Å². The second-order valence-electron chi connectivity index (χ2n) is 11.0. The van der Waals surface area contributed by atoms with E-state index in [0.29, 0.717) is 11.6 Å². The molecule has 226 valence electrons. The van der Waals surface area contributed by atoms with E-state index >= 15 is 0 Å². The van der Waals surface area contributed by atoms with Crippen LogP contribution in [0.25, 0.3) is 78.9 Å². The minimum Gasteiger partial charge on any atom is -0.265 e. The van der Waals surface area contributed by atoms with Crippen molar-refractivity contribution in [2.45, 2.75) is 0 Å². The predicted octanol–water partition coefficient (Wildman–Crippen LogP) is 8.52. The molecule has 0 saturated carbocycles. The standard InChI is InChI=1S/C40H26N8/c1-5-29(21-31(7-1)37-23-35(27-11-17-41-18-12-27)45-39(47-37)33-9-3-15-43-25-33)30-6-2-8-32(22-30)38-24-36(28-13-19-42-20-14-28)46-40(48-38)34-10-4-16-44-26-34/h1-26H. The molecule has 0 atom stereocenters. The van der Waals surface area contributed by atoms with Gasteiger partial charge in [-0.25, -0.2) is 19.9 Å². The van der Waals surface area contributed by atoms with Crippen molar-refractivity contribution in [2.24, 2.45) is 0 Å². The van der Waals surface area contributed by atoms with Crippen molar-refractivity contribution in [1.29, 1.82) is 0 Å². The van der Waals surface area contributed by atoms with Gasteiger partial charge in [-0.2, -0.15) is 0 Å². The van der Waals surface area contributed by atoms with Crippen LogP contribution in [0.1, 0.15) is 0 Å². The Kier molecular flexibility index (Phi) is 7.70. The third kappa shape index (κ3) is 6.05. The third-order valence-corrected chi connectivity index (χ3v) is 7.89. The van der Waals surface area contributed by atoms with Gasteiger partial charge in [-0.05, 0) is 83.9 Å². The minimum absolute atomic E-state index is 0.609.